The molecule has 2 unspecified atom stereocenters. The second kappa shape index (κ2) is 10.4. The van der Waals surface area contributed by atoms with Crippen LogP contribution < -0.4 is 0 Å². The van der Waals surface area contributed by atoms with Gasteiger partial charge in [-0.3, -0.25) is 19.6 Å². The molecule has 1 fully saturated rings. The maximum absolute atomic E-state index is 13.0. The molecule has 0 amide bonds. The van der Waals surface area contributed by atoms with Crippen LogP contribution in [0.2, 0.25) is 10.0 Å². The minimum atomic E-state index is -0.224. The molecule has 0 N–H and O–H groups in total. The normalized spacial score (nSPS) is 19.0. The van der Waals surface area contributed by atoms with Crippen molar-refractivity contribution >= 4 is 46.7 Å². The molecule has 2 heterocycles. The Hall–Kier alpha value is -2.50. The number of halogens is 2. The first-order valence-electron chi connectivity index (χ1n) is 10.8. The van der Waals surface area contributed by atoms with Crippen LogP contribution in [0.25, 0.3) is 5.57 Å². The summed E-state index contributed by atoms with van der Waals surface area (Å²) in [7, 11) is 0. The molecule has 4 rings (SSSR count). The number of allylic oxidation sites excluding steroid dienone is 1. The van der Waals surface area contributed by atoms with E-state index in [0.717, 1.165) is 17.6 Å². The molecular weight excluding hydrogens is 447 g/mol. The highest BCUT2D eigenvalue weighted by Gasteiger charge is 2.29. The van der Waals surface area contributed by atoms with Gasteiger partial charge in [-0.15, -0.1) is 0 Å². The van der Waals surface area contributed by atoms with E-state index >= 15 is 0 Å². The maximum atomic E-state index is 13.0. The van der Waals surface area contributed by atoms with Crippen molar-refractivity contribution in [3.05, 3.63) is 70.0 Å². The van der Waals surface area contributed by atoms with Crippen LogP contribution >= 0.6 is 23.2 Å². The summed E-state index contributed by atoms with van der Waals surface area (Å²) >= 11 is 12.9. The molecule has 166 valence electrons. The standard InChI is InChI=1S/C25H24Cl2N2O3/c26-21-5-2-1-4-18(21)20-14-29-23(13-19(20)25-22(27)6-3-11-28-25)24(31)10-9-17(32-15-30)12-16-7-8-16/h1-6,11,13,15-17,20H,7-10,12,14H2. The summed E-state index contributed by atoms with van der Waals surface area (Å²) in [6.07, 6.45) is 7.15. The smallest absolute Gasteiger partial charge is 0.293 e. The van der Waals surface area contributed by atoms with Gasteiger partial charge in [-0.1, -0.05) is 54.2 Å². The van der Waals surface area contributed by atoms with E-state index in [0.29, 0.717) is 46.8 Å². The van der Waals surface area contributed by atoms with Crippen LogP contribution in [0.5, 0.6) is 0 Å². The summed E-state index contributed by atoms with van der Waals surface area (Å²) < 4.78 is 5.19. The molecule has 0 saturated heterocycles. The predicted octanol–water partition coefficient (Wildman–Crippen LogP) is 5.70. The fourth-order valence-electron chi connectivity index (χ4n) is 4.07. The molecule has 2 aliphatic rings. The Bertz CT molecular complexity index is 1060. The van der Waals surface area contributed by atoms with Gasteiger partial charge in [-0.2, -0.15) is 0 Å². The van der Waals surface area contributed by atoms with Crippen molar-refractivity contribution in [1.29, 1.82) is 0 Å². The summed E-state index contributed by atoms with van der Waals surface area (Å²) in [5.74, 6) is 0.368. The van der Waals surface area contributed by atoms with E-state index < -0.39 is 0 Å². The van der Waals surface area contributed by atoms with Crippen molar-refractivity contribution in [2.75, 3.05) is 6.54 Å². The van der Waals surface area contributed by atoms with Crippen LogP contribution in [0.15, 0.2) is 53.7 Å². The van der Waals surface area contributed by atoms with E-state index in [1.165, 1.54) is 12.8 Å². The first-order chi connectivity index (χ1) is 15.6. The van der Waals surface area contributed by atoms with Gasteiger partial charge in [-0.25, -0.2) is 0 Å². The predicted molar refractivity (Wildman–Crippen MR) is 126 cm³/mol. The Balaban J connectivity index is 1.57. The highest BCUT2D eigenvalue weighted by molar-refractivity contribution is 6.46. The number of carbonyl (C=O) groups is 2. The van der Waals surface area contributed by atoms with Crippen molar-refractivity contribution < 1.29 is 14.3 Å². The largest absolute Gasteiger partial charge is 0.465 e. The van der Waals surface area contributed by atoms with Crippen LogP contribution in [-0.2, 0) is 14.3 Å². The highest BCUT2D eigenvalue weighted by atomic mass is 35.5. The summed E-state index contributed by atoms with van der Waals surface area (Å²) in [6.45, 7) is 0.852. The van der Waals surface area contributed by atoms with Gasteiger partial charge >= 0.3 is 0 Å². The average Bonchev–Trinajstić information content (AvgIpc) is 3.62. The summed E-state index contributed by atoms with van der Waals surface area (Å²) in [5.41, 5.74) is 2.75. The monoisotopic (exact) mass is 470 g/mol. The molecule has 7 heteroatoms. The van der Waals surface area contributed by atoms with Gasteiger partial charge in [0.1, 0.15) is 11.8 Å². The van der Waals surface area contributed by atoms with Gasteiger partial charge in [0.2, 0.25) is 0 Å². The zero-order valence-corrected chi connectivity index (χ0v) is 19.1. The van der Waals surface area contributed by atoms with E-state index in [-0.39, 0.29) is 24.2 Å². The zero-order valence-electron chi connectivity index (χ0n) is 17.5. The molecule has 32 heavy (non-hydrogen) atoms. The number of aromatic nitrogens is 1. The van der Waals surface area contributed by atoms with Crippen molar-refractivity contribution in [3.63, 3.8) is 0 Å². The maximum Gasteiger partial charge on any atom is 0.293 e. The number of dihydropyridines is 1. The molecule has 1 aliphatic carbocycles. The topological polar surface area (TPSA) is 68.6 Å². The van der Waals surface area contributed by atoms with E-state index in [2.05, 4.69) is 9.98 Å². The van der Waals surface area contributed by atoms with Gasteiger partial charge in [-0.05, 0) is 54.2 Å². The van der Waals surface area contributed by atoms with Gasteiger partial charge in [0, 0.05) is 23.6 Å². The Labute approximate surface area is 197 Å². The fraction of sp³-hybridized carbons (Fsp3) is 0.360. The molecule has 0 radical (unpaired) electrons. The zero-order chi connectivity index (χ0) is 22.5. The molecule has 1 aliphatic heterocycles. The Morgan fingerprint density at radius 2 is 1.94 bits per heavy atom. The Kier molecular flexibility index (Phi) is 7.38. The first-order valence-corrected chi connectivity index (χ1v) is 11.6. The number of ether oxygens (including phenoxy) is 1. The van der Waals surface area contributed by atoms with Crippen molar-refractivity contribution in [2.45, 2.75) is 44.1 Å². The van der Waals surface area contributed by atoms with Crippen LogP contribution in [0.4, 0.5) is 0 Å². The number of pyridine rings is 1. The lowest BCUT2D eigenvalue weighted by Gasteiger charge is -2.25. The third-order valence-corrected chi connectivity index (χ3v) is 6.59. The van der Waals surface area contributed by atoms with E-state index in [1.807, 2.05) is 24.3 Å². The number of ketones is 1. The van der Waals surface area contributed by atoms with E-state index in [9.17, 15) is 9.59 Å². The van der Waals surface area contributed by atoms with Gasteiger partial charge in [0.05, 0.1) is 17.3 Å². The summed E-state index contributed by atoms with van der Waals surface area (Å²) in [6, 6.07) is 11.2. The van der Waals surface area contributed by atoms with Gasteiger partial charge < -0.3 is 4.74 Å². The molecule has 5 nitrogen and oxygen atoms in total. The van der Waals surface area contributed by atoms with Gasteiger partial charge in [0.25, 0.3) is 6.47 Å². The number of aliphatic imine (C=N–C) groups is 1. The molecule has 1 aromatic carbocycles. The number of Topliss-reactive ketones (excluding diaryl/α,β-unsaturated/α-hetero) is 1. The lowest BCUT2D eigenvalue weighted by Crippen LogP contribution is -2.23. The fourth-order valence-corrected chi connectivity index (χ4v) is 4.57. The van der Waals surface area contributed by atoms with Crippen molar-refractivity contribution in [1.82, 2.24) is 4.98 Å². The Morgan fingerprint density at radius 1 is 1.16 bits per heavy atom. The quantitative estimate of drug-likeness (QED) is 0.417. The number of carbonyl (C=O) groups excluding carboxylic acids is 2. The molecular formula is C25H24Cl2N2O3. The number of hydrogen-bond donors (Lipinski definition) is 0. The second-order valence-electron chi connectivity index (χ2n) is 8.23. The van der Waals surface area contributed by atoms with Crippen molar-refractivity contribution in [2.24, 2.45) is 10.9 Å². The number of nitrogens with zero attached hydrogens (tertiary/aromatic N) is 2. The average molecular weight is 471 g/mol. The third kappa shape index (κ3) is 5.45. The lowest BCUT2D eigenvalue weighted by molar-refractivity contribution is -0.135. The lowest BCUT2D eigenvalue weighted by atomic mass is 9.85. The molecule has 0 bridgehead atoms. The molecule has 1 aromatic heterocycles. The SMILES string of the molecule is O=COC(CCC(=O)C1=NCC(c2ccccc2Cl)C(c2ncccc2Cl)=C1)CC1CC1. The number of hydrogen-bond acceptors (Lipinski definition) is 5. The summed E-state index contributed by atoms with van der Waals surface area (Å²) in [4.78, 5) is 32.9. The second-order valence-corrected chi connectivity index (χ2v) is 9.04. The number of benzene rings is 1. The minimum absolute atomic E-state index is 0.0811. The van der Waals surface area contributed by atoms with Gasteiger partial charge in [0.15, 0.2) is 5.78 Å². The van der Waals surface area contributed by atoms with Crippen LogP contribution in [0.3, 0.4) is 0 Å². The van der Waals surface area contributed by atoms with Crippen LogP contribution in [-0.4, -0.2) is 35.6 Å². The highest BCUT2D eigenvalue weighted by Crippen LogP contribution is 2.39. The molecule has 1 saturated carbocycles. The minimum Gasteiger partial charge on any atom is -0.465 e. The van der Waals surface area contributed by atoms with Crippen molar-refractivity contribution in [3.8, 4) is 0 Å². The molecule has 2 aromatic rings. The summed E-state index contributed by atoms with van der Waals surface area (Å²) in [5, 5.41) is 1.14. The first kappa shape index (κ1) is 22.7. The number of rotatable bonds is 10. The van der Waals surface area contributed by atoms with E-state index in [4.69, 9.17) is 27.9 Å². The Morgan fingerprint density at radius 3 is 2.66 bits per heavy atom. The van der Waals surface area contributed by atoms with E-state index in [1.54, 1.807) is 24.4 Å². The molecule has 0 spiro atoms. The van der Waals surface area contributed by atoms with Crippen LogP contribution in [0.1, 0.15) is 49.3 Å². The van der Waals surface area contributed by atoms with Crippen LogP contribution in [0, 0.1) is 5.92 Å². The third-order valence-electron chi connectivity index (χ3n) is 5.94. The molecule has 2 atom stereocenters.